The third kappa shape index (κ3) is 5.19. The second-order valence-electron chi connectivity index (χ2n) is 5.95. The molecule has 0 bridgehead atoms. The molecule has 2 N–H and O–H groups in total. The predicted octanol–water partition coefficient (Wildman–Crippen LogP) is 2.26. The number of esters is 1. The number of hydrogen-bond donors (Lipinski definition) is 2. The minimum Gasteiger partial charge on any atom is -0.466 e. The molecule has 0 aromatic carbocycles. The van der Waals surface area contributed by atoms with E-state index in [1.165, 1.54) is 0 Å². The maximum absolute atomic E-state index is 11.7. The van der Waals surface area contributed by atoms with Gasteiger partial charge in [-0.25, -0.2) is 4.79 Å². The van der Waals surface area contributed by atoms with Crippen molar-refractivity contribution < 1.29 is 19.1 Å². The van der Waals surface area contributed by atoms with E-state index in [1.807, 2.05) is 0 Å². The van der Waals surface area contributed by atoms with Gasteiger partial charge in [0.25, 0.3) is 0 Å². The van der Waals surface area contributed by atoms with Gasteiger partial charge in [-0.2, -0.15) is 0 Å². The summed E-state index contributed by atoms with van der Waals surface area (Å²) >= 11 is 0. The van der Waals surface area contributed by atoms with Crippen LogP contribution in [0.4, 0.5) is 4.79 Å². The molecule has 0 aliphatic heterocycles. The Morgan fingerprint density at radius 1 is 1.40 bits per heavy atom. The molecule has 1 aliphatic rings. The highest BCUT2D eigenvalue weighted by molar-refractivity contribution is 5.91. The van der Waals surface area contributed by atoms with Crippen LogP contribution < -0.4 is 5.32 Å². The summed E-state index contributed by atoms with van der Waals surface area (Å²) in [5.74, 6) is -0.514. The molecule has 0 aromatic heterocycles. The molecule has 6 heteroatoms. The van der Waals surface area contributed by atoms with Crippen molar-refractivity contribution in [2.75, 3.05) is 6.61 Å². The zero-order valence-electron chi connectivity index (χ0n) is 12.6. The molecular weight excluding hydrogens is 260 g/mol. The topological polar surface area (TPSA) is 88.5 Å². The van der Waals surface area contributed by atoms with Crippen LogP contribution in [0.1, 0.15) is 47.0 Å². The van der Waals surface area contributed by atoms with Gasteiger partial charge in [0.15, 0.2) is 0 Å². The Morgan fingerprint density at radius 3 is 2.60 bits per heavy atom. The Hall–Kier alpha value is -1.59. The first-order valence-corrected chi connectivity index (χ1v) is 6.96. The molecule has 0 saturated heterocycles. The lowest BCUT2D eigenvalue weighted by molar-refractivity contribution is -0.148. The number of carbonyl (C=O) groups is 2. The highest BCUT2D eigenvalue weighted by Gasteiger charge is 2.33. The van der Waals surface area contributed by atoms with Gasteiger partial charge < -0.3 is 20.2 Å². The lowest BCUT2D eigenvalue weighted by atomic mass is 9.84. The summed E-state index contributed by atoms with van der Waals surface area (Å²) in [6.45, 7) is 7.44. The van der Waals surface area contributed by atoms with E-state index in [9.17, 15) is 9.59 Å². The molecule has 0 unspecified atom stereocenters. The first-order chi connectivity index (χ1) is 9.23. The maximum Gasteiger partial charge on any atom is 0.408 e. The van der Waals surface area contributed by atoms with Crippen LogP contribution in [0.2, 0.25) is 0 Å². The van der Waals surface area contributed by atoms with E-state index >= 15 is 0 Å². The molecule has 2 atom stereocenters. The van der Waals surface area contributed by atoms with Gasteiger partial charge in [0.2, 0.25) is 0 Å². The summed E-state index contributed by atoms with van der Waals surface area (Å²) in [6.07, 6.45) is 0.933. The van der Waals surface area contributed by atoms with Gasteiger partial charge in [0.05, 0.1) is 18.6 Å². The number of amides is 1. The number of rotatable bonds is 3. The molecule has 0 spiro atoms. The zero-order chi connectivity index (χ0) is 15.3. The molecule has 1 rings (SSSR count). The fourth-order valence-corrected chi connectivity index (χ4v) is 2.12. The smallest absolute Gasteiger partial charge is 0.408 e. The monoisotopic (exact) mass is 284 g/mol. The van der Waals surface area contributed by atoms with Crippen LogP contribution in [0, 0.1) is 11.3 Å². The molecule has 114 valence electrons. The Bertz CT molecular complexity index is 387. The van der Waals surface area contributed by atoms with E-state index in [0.29, 0.717) is 31.6 Å². The number of carbonyl (C=O) groups excluding carboxylic acids is 2. The summed E-state index contributed by atoms with van der Waals surface area (Å²) in [7, 11) is 0. The molecular formula is C14H24N2O4. The third-order valence-electron chi connectivity index (χ3n) is 3.01. The number of nitrogens with one attached hydrogen (secondary N) is 2. The largest absolute Gasteiger partial charge is 0.466 e. The van der Waals surface area contributed by atoms with Crippen molar-refractivity contribution in [1.82, 2.24) is 5.32 Å². The van der Waals surface area contributed by atoms with Gasteiger partial charge in [-0.1, -0.05) is 0 Å². The van der Waals surface area contributed by atoms with Crippen LogP contribution in [0.5, 0.6) is 0 Å². The molecule has 20 heavy (non-hydrogen) atoms. The standard InChI is InChI=1S/C14H24N2O4/c1-5-19-12(17)9-6-7-10(15)11(8-9)16-13(18)20-14(2,3)4/h9,11,15H,5-8H2,1-4H3,(H,16,18)/t9-,11+/m0/s1. The minimum absolute atomic E-state index is 0.254. The highest BCUT2D eigenvalue weighted by atomic mass is 16.6. The van der Waals surface area contributed by atoms with Gasteiger partial charge in [-0.3, -0.25) is 4.79 Å². The van der Waals surface area contributed by atoms with Gasteiger partial charge in [0.1, 0.15) is 5.60 Å². The van der Waals surface area contributed by atoms with Crippen molar-refractivity contribution in [1.29, 1.82) is 5.41 Å². The van der Waals surface area contributed by atoms with Gasteiger partial charge >= 0.3 is 12.1 Å². The quantitative estimate of drug-likeness (QED) is 0.778. The summed E-state index contributed by atoms with van der Waals surface area (Å²) in [5.41, 5.74) is -0.155. The van der Waals surface area contributed by atoms with E-state index in [-0.39, 0.29) is 11.9 Å². The number of hydrogen-bond acceptors (Lipinski definition) is 5. The second kappa shape index (κ2) is 6.72. The van der Waals surface area contributed by atoms with Crippen molar-refractivity contribution >= 4 is 17.8 Å². The van der Waals surface area contributed by atoms with Crippen molar-refractivity contribution in [2.45, 2.75) is 58.6 Å². The van der Waals surface area contributed by atoms with E-state index in [0.717, 1.165) is 0 Å². The molecule has 1 fully saturated rings. The average Bonchev–Trinajstić information content (AvgIpc) is 2.29. The summed E-state index contributed by atoms with van der Waals surface area (Å²) in [4.78, 5) is 23.5. The first-order valence-electron chi connectivity index (χ1n) is 6.96. The van der Waals surface area contributed by atoms with Gasteiger partial charge in [0, 0.05) is 5.71 Å². The fraction of sp³-hybridized carbons (Fsp3) is 0.786. The fourth-order valence-electron chi connectivity index (χ4n) is 2.12. The Kier molecular flexibility index (Phi) is 5.53. The third-order valence-corrected chi connectivity index (χ3v) is 3.01. The van der Waals surface area contributed by atoms with E-state index in [4.69, 9.17) is 14.9 Å². The van der Waals surface area contributed by atoms with Crippen LogP contribution in [0.25, 0.3) is 0 Å². The lowest BCUT2D eigenvalue weighted by Gasteiger charge is -2.30. The molecule has 0 heterocycles. The average molecular weight is 284 g/mol. The van der Waals surface area contributed by atoms with E-state index < -0.39 is 17.7 Å². The van der Waals surface area contributed by atoms with Gasteiger partial charge in [-0.05, 0) is 47.0 Å². The van der Waals surface area contributed by atoms with Crippen LogP contribution in [-0.4, -0.2) is 36.0 Å². The lowest BCUT2D eigenvalue weighted by Crippen LogP contribution is -2.47. The van der Waals surface area contributed by atoms with Crippen LogP contribution >= 0.6 is 0 Å². The van der Waals surface area contributed by atoms with Crippen molar-refractivity contribution in [2.24, 2.45) is 5.92 Å². The minimum atomic E-state index is -0.582. The second-order valence-corrected chi connectivity index (χ2v) is 5.95. The number of alkyl carbamates (subject to hydrolysis) is 1. The van der Waals surface area contributed by atoms with Gasteiger partial charge in [-0.15, -0.1) is 0 Å². The molecule has 1 aliphatic carbocycles. The Labute approximate surface area is 119 Å². The zero-order valence-corrected chi connectivity index (χ0v) is 12.6. The van der Waals surface area contributed by atoms with Crippen LogP contribution in [0.15, 0.2) is 0 Å². The molecule has 6 nitrogen and oxygen atoms in total. The molecule has 1 saturated carbocycles. The van der Waals surface area contributed by atoms with Crippen molar-refractivity contribution in [3.63, 3.8) is 0 Å². The number of ether oxygens (including phenoxy) is 2. The van der Waals surface area contributed by atoms with E-state index in [2.05, 4.69) is 5.32 Å². The van der Waals surface area contributed by atoms with Crippen molar-refractivity contribution in [3.8, 4) is 0 Å². The molecule has 0 aromatic rings. The SMILES string of the molecule is CCOC(=O)[C@H]1CCC(=N)[C@H](NC(=O)OC(C)(C)C)C1. The van der Waals surface area contributed by atoms with E-state index in [1.54, 1.807) is 27.7 Å². The Morgan fingerprint density at radius 2 is 2.05 bits per heavy atom. The highest BCUT2D eigenvalue weighted by Crippen LogP contribution is 2.24. The Balaban J connectivity index is 2.57. The maximum atomic E-state index is 11.7. The summed E-state index contributed by atoms with van der Waals surface area (Å²) < 4.78 is 10.2. The molecule has 1 amide bonds. The predicted molar refractivity (Wildman–Crippen MR) is 74.9 cm³/mol. The van der Waals surface area contributed by atoms with Crippen molar-refractivity contribution in [3.05, 3.63) is 0 Å². The summed E-state index contributed by atoms with van der Waals surface area (Å²) in [5, 5.41) is 10.5. The normalized spacial score (nSPS) is 23.1. The molecule has 0 radical (unpaired) electrons. The van der Waals surface area contributed by atoms with Crippen LogP contribution in [0.3, 0.4) is 0 Å². The first kappa shape index (κ1) is 16.5. The van der Waals surface area contributed by atoms with Crippen LogP contribution in [-0.2, 0) is 14.3 Å². The summed E-state index contributed by atoms with van der Waals surface area (Å²) in [6, 6.07) is -0.451.